The molecule has 0 aliphatic heterocycles. The molecule has 9 heteroatoms. The Balaban J connectivity index is 1.84. The molecule has 0 saturated heterocycles. The van der Waals surface area contributed by atoms with Crippen LogP contribution in [0.25, 0.3) is 11.0 Å². The third-order valence-corrected chi connectivity index (χ3v) is 4.24. The second kappa shape index (κ2) is 7.67. The Hall–Kier alpha value is -2.81. The number of aromatic nitrogens is 3. The lowest BCUT2D eigenvalue weighted by molar-refractivity contribution is -0.274. The molecule has 0 spiro atoms. The van der Waals surface area contributed by atoms with Gasteiger partial charge >= 0.3 is 6.36 Å². The van der Waals surface area contributed by atoms with E-state index in [4.69, 9.17) is 4.74 Å². The minimum Gasteiger partial charge on any atom is -0.493 e. The van der Waals surface area contributed by atoms with Crippen molar-refractivity contribution in [2.75, 3.05) is 6.61 Å². The number of pyridine rings is 1. The Labute approximate surface area is 159 Å². The number of halogens is 3. The largest absolute Gasteiger partial charge is 0.573 e. The van der Waals surface area contributed by atoms with Crippen LogP contribution in [0.3, 0.4) is 0 Å². The summed E-state index contributed by atoms with van der Waals surface area (Å²) < 4.78 is 46.6. The summed E-state index contributed by atoms with van der Waals surface area (Å²) in [7, 11) is 0. The number of H-pyrrole nitrogens is 1. The molecule has 2 aromatic heterocycles. The third-order valence-electron chi connectivity index (χ3n) is 4.24. The number of nitrogens with one attached hydrogen (secondary N) is 1. The minimum atomic E-state index is -4.77. The number of benzene rings is 1. The quantitative estimate of drug-likeness (QED) is 0.656. The van der Waals surface area contributed by atoms with Crippen LogP contribution in [0, 0.1) is 13.8 Å². The van der Waals surface area contributed by atoms with Gasteiger partial charge in [0.05, 0.1) is 17.6 Å². The van der Waals surface area contributed by atoms with Crippen LogP contribution >= 0.6 is 0 Å². The number of aromatic amines is 1. The van der Waals surface area contributed by atoms with Gasteiger partial charge in [-0.1, -0.05) is 0 Å². The van der Waals surface area contributed by atoms with Gasteiger partial charge in [-0.2, -0.15) is 0 Å². The first-order chi connectivity index (χ1) is 13.2. The van der Waals surface area contributed by atoms with Crippen molar-refractivity contribution in [2.45, 2.75) is 39.7 Å². The Bertz CT molecular complexity index is 986. The van der Waals surface area contributed by atoms with Crippen LogP contribution in [-0.2, 0) is 6.42 Å². The molecule has 1 aromatic carbocycles. The molecule has 2 heterocycles. The van der Waals surface area contributed by atoms with E-state index in [9.17, 15) is 18.3 Å². The normalized spacial score (nSPS) is 13.0. The Kier molecular flexibility index (Phi) is 5.46. The molecule has 0 amide bonds. The second-order valence-corrected chi connectivity index (χ2v) is 6.34. The predicted octanol–water partition coefficient (Wildman–Crippen LogP) is 4.15. The number of aliphatic hydroxyl groups is 1. The number of ether oxygens (including phenoxy) is 2. The van der Waals surface area contributed by atoms with E-state index in [0.29, 0.717) is 23.3 Å². The highest BCUT2D eigenvalue weighted by Gasteiger charge is 2.31. The van der Waals surface area contributed by atoms with Crippen LogP contribution in [0.2, 0.25) is 0 Å². The molecular weight excluding hydrogens is 375 g/mol. The maximum absolute atomic E-state index is 12.4. The molecule has 0 aliphatic rings. The van der Waals surface area contributed by atoms with Crippen molar-refractivity contribution in [2.24, 2.45) is 0 Å². The Morgan fingerprint density at radius 3 is 2.68 bits per heavy atom. The van der Waals surface area contributed by atoms with Gasteiger partial charge in [0, 0.05) is 35.5 Å². The van der Waals surface area contributed by atoms with E-state index in [-0.39, 0.29) is 18.0 Å². The average molecular weight is 395 g/mol. The first kappa shape index (κ1) is 19.9. The van der Waals surface area contributed by atoms with E-state index in [1.54, 1.807) is 6.20 Å². The van der Waals surface area contributed by atoms with Gasteiger partial charge in [0.15, 0.2) is 0 Å². The third kappa shape index (κ3) is 4.36. The van der Waals surface area contributed by atoms with Crippen LogP contribution in [0.5, 0.6) is 11.5 Å². The van der Waals surface area contributed by atoms with E-state index in [0.717, 1.165) is 16.9 Å². The summed E-state index contributed by atoms with van der Waals surface area (Å²) in [6.45, 7) is 6.16. The molecule has 3 aromatic rings. The number of rotatable bonds is 6. The van der Waals surface area contributed by atoms with Crippen molar-refractivity contribution < 1.29 is 27.8 Å². The fourth-order valence-electron chi connectivity index (χ4n) is 2.97. The van der Waals surface area contributed by atoms with Crippen molar-refractivity contribution in [1.82, 2.24) is 15.0 Å². The van der Waals surface area contributed by atoms with Crippen LogP contribution < -0.4 is 9.47 Å². The molecule has 0 fully saturated rings. The highest BCUT2D eigenvalue weighted by molar-refractivity contribution is 5.76. The number of alkyl halides is 3. The van der Waals surface area contributed by atoms with Gasteiger partial charge in [-0.3, -0.25) is 4.98 Å². The van der Waals surface area contributed by atoms with Crippen molar-refractivity contribution in [3.63, 3.8) is 0 Å². The molecule has 1 unspecified atom stereocenters. The zero-order valence-corrected chi connectivity index (χ0v) is 15.6. The molecule has 0 radical (unpaired) electrons. The first-order valence-electron chi connectivity index (χ1n) is 8.69. The highest BCUT2D eigenvalue weighted by atomic mass is 19.4. The molecule has 0 bridgehead atoms. The maximum atomic E-state index is 12.4. The van der Waals surface area contributed by atoms with Gasteiger partial charge < -0.3 is 19.6 Å². The number of aliphatic hydroxyl groups excluding tert-OH is 1. The molecule has 6 nitrogen and oxygen atoms in total. The highest BCUT2D eigenvalue weighted by Crippen LogP contribution is 2.29. The summed E-state index contributed by atoms with van der Waals surface area (Å²) in [5.41, 5.74) is 3.14. The lowest BCUT2D eigenvalue weighted by Gasteiger charge is -2.15. The van der Waals surface area contributed by atoms with Crippen molar-refractivity contribution >= 4 is 11.0 Å². The Morgan fingerprint density at radius 2 is 2.00 bits per heavy atom. The SMILES string of the molecule is CCOc1c(C)cnc(CC(O)c2nc3ccc(OC(F)(F)F)cc3[nH]2)c1C. The van der Waals surface area contributed by atoms with E-state index in [1.165, 1.54) is 18.2 Å². The van der Waals surface area contributed by atoms with Crippen LogP contribution in [0.1, 0.15) is 35.7 Å². The summed E-state index contributed by atoms with van der Waals surface area (Å²) in [6.07, 6.45) is -3.93. The van der Waals surface area contributed by atoms with Crippen molar-refractivity contribution in [1.29, 1.82) is 0 Å². The van der Waals surface area contributed by atoms with E-state index in [1.807, 2.05) is 20.8 Å². The van der Waals surface area contributed by atoms with Gasteiger partial charge in [-0.15, -0.1) is 13.2 Å². The number of aryl methyl sites for hydroxylation is 1. The molecule has 150 valence electrons. The smallest absolute Gasteiger partial charge is 0.493 e. The fourth-order valence-corrected chi connectivity index (χ4v) is 2.97. The van der Waals surface area contributed by atoms with Gasteiger partial charge in [-0.05, 0) is 32.9 Å². The molecule has 2 N–H and O–H groups in total. The molecule has 28 heavy (non-hydrogen) atoms. The summed E-state index contributed by atoms with van der Waals surface area (Å²) in [4.78, 5) is 11.5. The number of hydrogen-bond acceptors (Lipinski definition) is 5. The lowest BCUT2D eigenvalue weighted by Crippen LogP contribution is -2.16. The predicted molar refractivity (Wildman–Crippen MR) is 96.3 cm³/mol. The molecule has 0 saturated carbocycles. The molecule has 3 rings (SSSR count). The number of nitrogens with zero attached hydrogens (tertiary/aromatic N) is 2. The number of hydrogen-bond donors (Lipinski definition) is 2. The van der Waals surface area contributed by atoms with E-state index in [2.05, 4.69) is 19.7 Å². The first-order valence-corrected chi connectivity index (χ1v) is 8.69. The van der Waals surface area contributed by atoms with E-state index >= 15 is 0 Å². The standard InChI is InChI=1S/C19H20F3N3O3/c1-4-27-17-10(2)9-23-14(11(17)3)8-16(26)18-24-13-6-5-12(7-15(13)25-18)28-19(20,21)22/h5-7,9,16,26H,4,8H2,1-3H3,(H,24,25). The molecule has 1 atom stereocenters. The maximum Gasteiger partial charge on any atom is 0.573 e. The van der Waals surface area contributed by atoms with Gasteiger partial charge in [0.2, 0.25) is 0 Å². The summed E-state index contributed by atoms with van der Waals surface area (Å²) >= 11 is 0. The van der Waals surface area contributed by atoms with Crippen LogP contribution in [0.4, 0.5) is 13.2 Å². The molecule has 0 aliphatic carbocycles. The summed E-state index contributed by atoms with van der Waals surface area (Å²) in [5.74, 6) is 0.610. The number of imidazole rings is 1. The zero-order valence-electron chi connectivity index (χ0n) is 15.6. The van der Waals surface area contributed by atoms with Crippen molar-refractivity contribution in [3.05, 3.63) is 47.0 Å². The van der Waals surface area contributed by atoms with Crippen LogP contribution in [0.15, 0.2) is 24.4 Å². The average Bonchev–Trinajstić information content (AvgIpc) is 3.03. The molecular formula is C19H20F3N3O3. The second-order valence-electron chi connectivity index (χ2n) is 6.34. The summed E-state index contributed by atoms with van der Waals surface area (Å²) in [5, 5.41) is 10.6. The van der Waals surface area contributed by atoms with Gasteiger partial charge in [0.1, 0.15) is 23.4 Å². The monoisotopic (exact) mass is 395 g/mol. The number of fused-ring (bicyclic) bond motifs is 1. The minimum absolute atomic E-state index is 0.178. The van der Waals surface area contributed by atoms with Crippen molar-refractivity contribution in [3.8, 4) is 11.5 Å². The van der Waals surface area contributed by atoms with Gasteiger partial charge in [-0.25, -0.2) is 4.98 Å². The van der Waals surface area contributed by atoms with Gasteiger partial charge in [0.25, 0.3) is 0 Å². The fraction of sp³-hybridized carbons (Fsp3) is 0.368. The van der Waals surface area contributed by atoms with Crippen LogP contribution in [-0.4, -0.2) is 33.0 Å². The lowest BCUT2D eigenvalue weighted by atomic mass is 10.1. The zero-order chi connectivity index (χ0) is 20.5. The Morgan fingerprint density at radius 1 is 1.25 bits per heavy atom. The topological polar surface area (TPSA) is 80.3 Å². The summed E-state index contributed by atoms with van der Waals surface area (Å²) in [6, 6.07) is 3.76. The van der Waals surface area contributed by atoms with E-state index < -0.39 is 12.5 Å².